The van der Waals surface area contributed by atoms with E-state index in [1.807, 2.05) is 30.3 Å². The number of carbonyl (C=O) groups excluding carboxylic acids is 1. The van der Waals surface area contributed by atoms with Gasteiger partial charge in [-0.05, 0) is 48.0 Å². The summed E-state index contributed by atoms with van der Waals surface area (Å²) in [7, 11) is -2.30. The first-order chi connectivity index (χ1) is 19.4. The highest BCUT2D eigenvalue weighted by Crippen LogP contribution is 2.39. The second kappa shape index (κ2) is 12.0. The fraction of sp³-hybridized carbons (Fsp3) is 0.219. The number of carbonyl (C=O) groups is 1. The van der Waals surface area contributed by atoms with Gasteiger partial charge >= 0.3 is 5.97 Å². The van der Waals surface area contributed by atoms with Crippen molar-refractivity contribution in [3.8, 4) is 22.8 Å². The van der Waals surface area contributed by atoms with Crippen LogP contribution in [0.25, 0.3) is 11.3 Å². The van der Waals surface area contributed by atoms with E-state index >= 15 is 4.39 Å². The van der Waals surface area contributed by atoms with E-state index in [1.54, 1.807) is 24.3 Å². The standard InChI is InChI=1S/C32H33F2N3O3Si/c1-7-28(38)39-30-23(33)16-12-17-24(30)37-31-25(19-21-13-9-8-10-14-21)36-26(20-35-31)22-15-11-18-27(29(22)34)40-41(5,6)32(2,3)4/h7-18,20H,1,19H2,2-6H3,(H,35,37). The Bertz CT molecular complexity index is 1570. The fourth-order valence-electron chi connectivity index (χ4n) is 3.77. The van der Waals surface area contributed by atoms with Crippen molar-refractivity contribution in [1.29, 1.82) is 0 Å². The van der Waals surface area contributed by atoms with Crippen LogP contribution in [0.15, 0.2) is 85.6 Å². The molecule has 0 atom stereocenters. The zero-order valence-electron chi connectivity index (χ0n) is 23.8. The van der Waals surface area contributed by atoms with Crippen LogP contribution in [0.4, 0.5) is 20.3 Å². The molecule has 6 nitrogen and oxygen atoms in total. The molecule has 4 rings (SSSR count). The average Bonchev–Trinajstić information content (AvgIpc) is 2.92. The van der Waals surface area contributed by atoms with E-state index in [4.69, 9.17) is 14.1 Å². The highest BCUT2D eigenvalue weighted by Gasteiger charge is 2.39. The molecule has 3 aromatic carbocycles. The number of hydrogen-bond donors (Lipinski definition) is 1. The predicted molar refractivity (Wildman–Crippen MR) is 160 cm³/mol. The van der Waals surface area contributed by atoms with Gasteiger partial charge in [0.2, 0.25) is 0 Å². The van der Waals surface area contributed by atoms with E-state index in [-0.39, 0.29) is 27.8 Å². The van der Waals surface area contributed by atoms with E-state index in [2.05, 4.69) is 50.7 Å². The van der Waals surface area contributed by atoms with Gasteiger partial charge in [0.25, 0.3) is 8.32 Å². The van der Waals surface area contributed by atoms with Crippen molar-refractivity contribution in [2.75, 3.05) is 5.32 Å². The Hall–Kier alpha value is -4.37. The highest BCUT2D eigenvalue weighted by molar-refractivity contribution is 6.74. The molecule has 0 bridgehead atoms. The number of anilines is 2. The lowest BCUT2D eigenvalue weighted by atomic mass is 10.1. The molecule has 0 aliphatic carbocycles. The molecule has 1 N–H and O–H groups in total. The number of ether oxygens (including phenoxy) is 1. The van der Waals surface area contributed by atoms with Crippen LogP contribution in [-0.2, 0) is 11.2 Å². The first kappa shape index (κ1) is 29.6. The number of nitrogens with one attached hydrogen (secondary N) is 1. The molecule has 9 heteroatoms. The second-order valence-electron chi connectivity index (χ2n) is 11.1. The van der Waals surface area contributed by atoms with Crippen molar-refractivity contribution in [1.82, 2.24) is 9.97 Å². The number of rotatable bonds is 9. The van der Waals surface area contributed by atoms with Crippen molar-refractivity contribution < 1.29 is 22.7 Å². The zero-order valence-corrected chi connectivity index (χ0v) is 24.8. The molecule has 0 saturated carbocycles. The smallest absolute Gasteiger partial charge is 0.335 e. The van der Waals surface area contributed by atoms with Gasteiger partial charge in [-0.2, -0.15) is 0 Å². The fourth-order valence-corrected chi connectivity index (χ4v) is 4.78. The molecular formula is C32H33F2N3O3Si. The normalized spacial score (nSPS) is 11.6. The van der Waals surface area contributed by atoms with Crippen molar-refractivity contribution >= 4 is 25.8 Å². The van der Waals surface area contributed by atoms with Gasteiger partial charge in [0.15, 0.2) is 23.2 Å². The van der Waals surface area contributed by atoms with E-state index in [1.165, 1.54) is 18.3 Å². The van der Waals surface area contributed by atoms with Gasteiger partial charge in [-0.1, -0.05) is 69.8 Å². The van der Waals surface area contributed by atoms with Crippen molar-refractivity contribution in [2.24, 2.45) is 0 Å². The summed E-state index contributed by atoms with van der Waals surface area (Å²) in [5.74, 6) is -1.87. The first-order valence-corrected chi connectivity index (χ1v) is 16.1. The van der Waals surface area contributed by atoms with Crippen LogP contribution in [-0.4, -0.2) is 24.3 Å². The van der Waals surface area contributed by atoms with Crippen LogP contribution >= 0.6 is 0 Å². The molecule has 0 aliphatic heterocycles. The molecule has 212 valence electrons. The summed E-state index contributed by atoms with van der Waals surface area (Å²) in [6.45, 7) is 13.8. The lowest BCUT2D eigenvalue weighted by Crippen LogP contribution is -2.44. The van der Waals surface area contributed by atoms with Crippen LogP contribution in [0.5, 0.6) is 11.5 Å². The number of esters is 1. The van der Waals surface area contributed by atoms with Crippen LogP contribution in [0.1, 0.15) is 32.0 Å². The third-order valence-corrected chi connectivity index (χ3v) is 11.4. The second-order valence-corrected chi connectivity index (χ2v) is 15.8. The average molecular weight is 574 g/mol. The highest BCUT2D eigenvalue weighted by atomic mass is 28.4. The summed E-state index contributed by atoms with van der Waals surface area (Å²) in [5, 5.41) is 2.94. The minimum absolute atomic E-state index is 0.110. The third kappa shape index (κ3) is 6.86. The number of halogens is 2. The Morgan fingerprint density at radius 3 is 2.41 bits per heavy atom. The zero-order chi connectivity index (χ0) is 29.8. The Balaban J connectivity index is 1.77. The van der Waals surface area contributed by atoms with Crippen LogP contribution in [0.3, 0.4) is 0 Å². The summed E-state index contributed by atoms with van der Waals surface area (Å²) in [6.07, 6.45) is 2.74. The van der Waals surface area contributed by atoms with Gasteiger partial charge in [0.05, 0.1) is 23.3 Å². The maximum atomic E-state index is 15.9. The first-order valence-electron chi connectivity index (χ1n) is 13.2. The van der Waals surface area contributed by atoms with Gasteiger partial charge in [0, 0.05) is 18.1 Å². The van der Waals surface area contributed by atoms with Gasteiger partial charge in [0.1, 0.15) is 5.75 Å². The molecule has 0 saturated heterocycles. The molecule has 4 aromatic rings. The van der Waals surface area contributed by atoms with Gasteiger partial charge in [-0.3, -0.25) is 0 Å². The van der Waals surface area contributed by atoms with E-state index < -0.39 is 25.9 Å². The lowest BCUT2D eigenvalue weighted by molar-refractivity contribution is -0.129. The quantitative estimate of drug-likeness (QED) is 0.0941. The molecule has 1 heterocycles. The van der Waals surface area contributed by atoms with Gasteiger partial charge in [-0.15, -0.1) is 0 Å². The number of nitrogens with zero attached hydrogens (tertiary/aromatic N) is 2. The molecule has 41 heavy (non-hydrogen) atoms. The summed E-state index contributed by atoms with van der Waals surface area (Å²) in [5.41, 5.74) is 2.16. The van der Waals surface area contributed by atoms with Crippen LogP contribution in [0.2, 0.25) is 18.1 Å². The van der Waals surface area contributed by atoms with E-state index in [9.17, 15) is 9.18 Å². The minimum atomic E-state index is -2.30. The minimum Gasteiger partial charge on any atom is -0.542 e. The lowest BCUT2D eigenvalue weighted by Gasteiger charge is -2.36. The number of benzene rings is 3. The molecule has 0 radical (unpaired) electrons. The largest absolute Gasteiger partial charge is 0.542 e. The van der Waals surface area contributed by atoms with E-state index in [0.29, 0.717) is 23.6 Å². The summed E-state index contributed by atoms with van der Waals surface area (Å²) in [4.78, 5) is 21.2. The van der Waals surface area contributed by atoms with Crippen LogP contribution in [0, 0.1) is 11.6 Å². The molecule has 0 amide bonds. The maximum Gasteiger partial charge on any atom is 0.335 e. The predicted octanol–water partition coefficient (Wildman–Crippen LogP) is 8.23. The van der Waals surface area contributed by atoms with Crippen LogP contribution < -0.4 is 14.5 Å². The van der Waals surface area contributed by atoms with E-state index in [0.717, 1.165) is 11.6 Å². The Labute approximate surface area is 240 Å². The molecule has 0 unspecified atom stereocenters. The Morgan fingerprint density at radius 2 is 1.73 bits per heavy atom. The van der Waals surface area contributed by atoms with Crippen molar-refractivity contribution in [3.05, 3.63) is 108 Å². The summed E-state index contributed by atoms with van der Waals surface area (Å²) in [6, 6.07) is 18.8. The SMILES string of the molecule is C=CC(=O)Oc1c(F)cccc1Nc1ncc(-c2cccc(O[Si](C)(C)C(C)(C)C)c2F)nc1Cc1ccccc1. The molecular weight excluding hydrogens is 540 g/mol. The Kier molecular flexibility index (Phi) is 8.68. The topological polar surface area (TPSA) is 73.3 Å². The molecule has 0 fully saturated rings. The Morgan fingerprint density at radius 1 is 1.02 bits per heavy atom. The number of para-hydroxylation sites is 1. The third-order valence-electron chi connectivity index (χ3n) is 7.06. The molecule has 1 aromatic heterocycles. The monoisotopic (exact) mass is 573 g/mol. The maximum absolute atomic E-state index is 15.9. The van der Waals surface area contributed by atoms with Crippen molar-refractivity contribution in [3.63, 3.8) is 0 Å². The van der Waals surface area contributed by atoms with Gasteiger partial charge < -0.3 is 14.5 Å². The van der Waals surface area contributed by atoms with Gasteiger partial charge in [-0.25, -0.2) is 23.5 Å². The number of aromatic nitrogens is 2. The molecule has 0 aliphatic rings. The summed E-state index contributed by atoms with van der Waals surface area (Å²) < 4.78 is 41.9. The van der Waals surface area contributed by atoms with Crippen molar-refractivity contribution in [2.45, 2.75) is 45.3 Å². The molecule has 0 spiro atoms. The number of hydrogen-bond acceptors (Lipinski definition) is 6. The summed E-state index contributed by atoms with van der Waals surface area (Å²) >= 11 is 0.